The summed E-state index contributed by atoms with van der Waals surface area (Å²) in [6.07, 6.45) is 8.10. The van der Waals surface area contributed by atoms with Gasteiger partial charge in [0.1, 0.15) is 6.29 Å². The first-order valence-electron chi connectivity index (χ1n) is 5.63. The molecule has 0 saturated heterocycles. The van der Waals surface area contributed by atoms with Crippen molar-refractivity contribution in [3.63, 3.8) is 0 Å². The molecule has 104 valence electrons. The van der Waals surface area contributed by atoms with Crippen molar-refractivity contribution >= 4 is 18.2 Å². The van der Waals surface area contributed by atoms with Crippen molar-refractivity contribution in [2.45, 2.75) is 12.8 Å². The zero-order valence-corrected chi connectivity index (χ0v) is 11.1. The molecule has 0 N–H and O–H groups in total. The summed E-state index contributed by atoms with van der Waals surface area (Å²) in [6, 6.07) is 0. The number of carbonyl (C=O) groups excluding carboxylic acids is 3. The molecule has 0 aliphatic carbocycles. The van der Waals surface area contributed by atoms with Gasteiger partial charge in [-0.1, -0.05) is 30.9 Å². The van der Waals surface area contributed by atoms with Crippen LogP contribution in [0.4, 0.5) is 0 Å². The third kappa shape index (κ3) is 4.54. The Labute approximate surface area is 112 Å². The van der Waals surface area contributed by atoms with Crippen LogP contribution in [0.15, 0.2) is 37.0 Å². The van der Waals surface area contributed by atoms with Gasteiger partial charge in [0.15, 0.2) is 5.41 Å². The number of ether oxygens (including phenoxy) is 2. The molecule has 19 heavy (non-hydrogen) atoms. The SMILES string of the molecule is C=C/C=C/CC(C/C=C/C=O)(C(=O)OC)C(=O)OC. The molecule has 0 unspecified atom stereocenters. The Bertz CT molecular complexity index is 355. The van der Waals surface area contributed by atoms with Crippen molar-refractivity contribution in [2.24, 2.45) is 5.41 Å². The molecule has 0 heterocycles. The first-order valence-corrected chi connectivity index (χ1v) is 5.63. The molecule has 0 aromatic rings. The molecule has 5 heteroatoms. The Morgan fingerprint density at radius 3 is 1.89 bits per heavy atom. The third-order valence-corrected chi connectivity index (χ3v) is 2.57. The molecule has 0 spiro atoms. The van der Waals surface area contributed by atoms with E-state index in [-0.39, 0.29) is 12.8 Å². The normalized spacial score (nSPS) is 11.5. The summed E-state index contributed by atoms with van der Waals surface area (Å²) in [5.74, 6) is -1.41. The van der Waals surface area contributed by atoms with Crippen LogP contribution in [0, 0.1) is 5.41 Å². The van der Waals surface area contributed by atoms with Gasteiger partial charge in [0.05, 0.1) is 14.2 Å². The lowest BCUT2D eigenvalue weighted by Crippen LogP contribution is -2.40. The number of hydrogen-bond acceptors (Lipinski definition) is 5. The van der Waals surface area contributed by atoms with Crippen molar-refractivity contribution in [2.75, 3.05) is 14.2 Å². The number of allylic oxidation sites excluding steroid dienone is 5. The molecule has 0 amide bonds. The lowest BCUT2D eigenvalue weighted by Gasteiger charge is -2.25. The van der Waals surface area contributed by atoms with E-state index in [0.29, 0.717) is 6.29 Å². The van der Waals surface area contributed by atoms with Crippen LogP contribution in [0.25, 0.3) is 0 Å². The molecule has 0 aromatic carbocycles. The Kier molecular flexibility index (Phi) is 7.84. The van der Waals surface area contributed by atoms with E-state index >= 15 is 0 Å². The summed E-state index contributed by atoms with van der Waals surface area (Å²) in [6.45, 7) is 3.51. The largest absolute Gasteiger partial charge is 0.468 e. The zero-order valence-electron chi connectivity index (χ0n) is 11.1. The molecule has 0 rings (SSSR count). The second kappa shape index (κ2) is 8.85. The Balaban J connectivity index is 5.42. The molecule has 0 saturated carbocycles. The Hall–Kier alpha value is -2.17. The first kappa shape index (κ1) is 16.8. The van der Waals surface area contributed by atoms with E-state index < -0.39 is 17.4 Å². The fourth-order valence-electron chi connectivity index (χ4n) is 1.58. The topological polar surface area (TPSA) is 69.7 Å². The van der Waals surface area contributed by atoms with Crippen molar-refractivity contribution in [1.29, 1.82) is 0 Å². The molecule has 0 aliphatic rings. The summed E-state index contributed by atoms with van der Waals surface area (Å²) in [4.78, 5) is 34.1. The summed E-state index contributed by atoms with van der Waals surface area (Å²) in [7, 11) is 2.39. The minimum atomic E-state index is -1.48. The maximum absolute atomic E-state index is 11.9. The number of esters is 2. The van der Waals surface area contributed by atoms with Crippen LogP contribution >= 0.6 is 0 Å². The van der Waals surface area contributed by atoms with Gasteiger partial charge < -0.3 is 9.47 Å². The molecule has 0 atom stereocenters. The zero-order chi connectivity index (χ0) is 14.7. The highest BCUT2D eigenvalue weighted by Crippen LogP contribution is 2.31. The highest BCUT2D eigenvalue weighted by Gasteiger charge is 2.46. The maximum atomic E-state index is 11.9. The summed E-state index contributed by atoms with van der Waals surface area (Å²) < 4.78 is 9.36. The van der Waals surface area contributed by atoms with E-state index in [2.05, 4.69) is 16.1 Å². The highest BCUT2D eigenvalue weighted by molar-refractivity contribution is 6.00. The first-order chi connectivity index (χ1) is 9.08. The smallest absolute Gasteiger partial charge is 0.323 e. The van der Waals surface area contributed by atoms with Gasteiger partial charge >= 0.3 is 11.9 Å². The van der Waals surface area contributed by atoms with E-state index in [9.17, 15) is 14.4 Å². The average molecular weight is 266 g/mol. The number of aldehydes is 1. The number of methoxy groups -OCH3 is 2. The second-order valence-electron chi connectivity index (χ2n) is 3.70. The van der Waals surface area contributed by atoms with Crippen LogP contribution in [0.5, 0.6) is 0 Å². The van der Waals surface area contributed by atoms with E-state index in [1.807, 2.05) is 0 Å². The van der Waals surface area contributed by atoms with Crippen molar-refractivity contribution < 1.29 is 23.9 Å². The van der Waals surface area contributed by atoms with Gasteiger partial charge in [0, 0.05) is 0 Å². The minimum absolute atomic E-state index is 0.0204. The second-order valence-corrected chi connectivity index (χ2v) is 3.70. The van der Waals surface area contributed by atoms with Gasteiger partial charge in [0.2, 0.25) is 0 Å². The van der Waals surface area contributed by atoms with Crippen molar-refractivity contribution in [3.05, 3.63) is 37.0 Å². The van der Waals surface area contributed by atoms with Crippen LogP contribution < -0.4 is 0 Å². The molecule has 0 fully saturated rings. The van der Waals surface area contributed by atoms with Crippen molar-refractivity contribution in [3.8, 4) is 0 Å². The number of rotatable bonds is 8. The van der Waals surface area contributed by atoms with Gasteiger partial charge in [-0.15, -0.1) is 0 Å². The lowest BCUT2D eigenvalue weighted by molar-refractivity contribution is -0.168. The maximum Gasteiger partial charge on any atom is 0.323 e. The predicted octanol–water partition coefficient (Wildman–Crippen LogP) is 1.60. The summed E-state index contributed by atoms with van der Waals surface area (Å²) in [5, 5.41) is 0. The molecular weight excluding hydrogens is 248 g/mol. The van der Waals surface area contributed by atoms with Crippen LogP contribution in [0.1, 0.15) is 12.8 Å². The molecule has 5 nitrogen and oxygen atoms in total. The minimum Gasteiger partial charge on any atom is -0.468 e. The molecule has 0 aromatic heterocycles. The molecule has 0 radical (unpaired) electrons. The van der Waals surface area contributed by atoms with Crippen molar-refractivity contribution in [1.82, 2.24) is 0 Å². The van der Waals surface area contributed by atoms with E-state index in [1.54, 1.807) is 12.2 Å². The lowest BCUT2D eigenvalue weighted by atomic mass is 9.80. The quantitative estimate of drug-likeness (QED) is 0.219. The van der Waals surface area contributed by atoms with E-state index in [4.69, 9.17) is 0 Å². The van der Waals surface area contributed by atoms with Crippen LogP contribution in [-0.4, -0.2) is 32.4 Å². The van der Waals surface area contributed by atoms with Gasteiger partial charge in [-0.2, -0.15) is 0 Å². The van der Waals surface area contributed by atoms with Crippen LogP contribution in [0.3, 0.4) is 0 Å². The summed E-state index contributed by atoms with van der Waals surface area (Å²) in [5.41, 5.74) is -1.48. The number of hydrogen-bond donors (Lipinski definition) is 0. The van der Waals surface area contributed by atoms with E-state index in [1.165, 1.54) is 32.4 Å². The number of carbonyl (C=O) groups is 3. The molecule has 0 bridgehead atoms. The summed E-state index contributed by atoms with van der Waals surface area (Å²) >= 11 is 0. The standard InChI is InChI=1S/C14H18O5/c1-4-5-6-9-14(12(16)18-2,13(17)19-3)10-7-8-11-15/h4-8,11H,1,9-10H2,2-3H3/b6-5+,8-7+. The fraction of sp³-hybridized carbons (Fsp3) is 0.357. The van der Waals surface area contributed by atoms with Crippen LogP contribution in [-0.2, 0) is 23.9 Å². The molecular formula is C14H18O5. The van der Waals surface area contributed by atoms with Crippen LogP contribution in [0.2, 0.25) is 0 Å². The van der Waals surface area contributed by atoms with Gasteiger partial charge in [0.25, 0.3) is 0 Å². The van der Waals surface area contributed by atoms with Gasteiger partial charge in [-0.25, -0.2) is 0 Å². The third-order valence-electron chi connectivity index (χ3n) is 2.57. The van der Waals surface area contributed by atoms with Gasteiger partial charge in [-0.05, 0) is 18.9 Å². The average Bonchev–Trinajstić information content (AvgIpc) is 2.44. The highest BCUT2D eigenvalue weighted by atomic mass is 16.5. The Morgan fingerprint density at radius 2 is 1.53 bits per heavy atom. The van der Waals surface area contributed by atoms with Gasteiger partial charge in [-0.3, -0.25) is 14.4 Å². The van der Waals surface area contributed by atoms with E-state index in [0.717, 1.165) is 0 Å². The Morgan fingerprint density at radius 1 is 1.05 bits per heavy atom. The fourth-order valence-corrected chi connectivity index (χ4v) is 1.58. The predicted molar refractivity (Wildman–Crippen MR) is 70.2 cm³/mol. The monoisotopic (exact) mass is 266 g/mol. The molecule has 0 aliphatic heterocycles.